The van der Waals surface area contributed by atoms with E-state index in [0.29, 0.717) is 12.5 Å². The van der Waals surface area contributed by atoms with E-state index < -0.39 is 0 Å². The predicted octanol–water partition coefficient (Wildman–Crippen LogP) is 3.08. The molecule has 1 atom stereocenters. The van der Waals surface area contributed by atoms with Gasteiger partial charge in [-0.25, -0.2) is 4.39 Å². The van der Waals surface area contributed by atoms with Crippen molar-refractivity contribution in [2.24, 2.45) is 5.73 Å². The number of hydrogen-bond donors (Lipinski definition) is 1. The van der Waals surface area contributed by atoms with E-state index in [1.54, 1.807) is 6.07 Å². The van der Waals surface area contributed by atoms with Crippen LogP contribution in [0, 0.1) is 5.82 Å². The number of rotatable bonds is 1. The van der Waals surface area contributed by atoms with E-state index in [4.69, 9.17) is 5.73 Å². The molecule has 0 radical (unpaired) electrons. The van der Waals surface area contributed by atoms with Crippen LogP contribution >= 0.6 is 0 Å². The largest absolute Gasteiger partial charge is 0.330 e. The van der Waals surface area contributed by atoms with Crippen LogP contribution in [-0.2, 0) is 5.41 Å². The first-order valence-corrected chi connectivity index (χ1v) is 6.26. The topological polar surface area (TPSA) is 26.0 Å². The lowest BCUT2D eigenvalue weighted by Gasteiger charge is -2.48. The Morgan fingerprint density at radius 3 is 2.75 bits per heavy atom. The van der Waals surface area contributed by atoms with Crippen molar-refractivity contribution in [2.75, 3.05) is 6.54 Å². The molecule has 0 aliphatic heterocycles. The molecule has 2 N–H and O–H groups in total. The fraction of sp³-hybridized carbons (Fsp3) is 0.571. The minimum atomic E-state index is -0.00431. The fourth-order valence-corrected chi connectivity index (χ4v) is 3.52. The van der Waals surface area contributed by atoms with Crippen LogP contribution in [-0.4, -0.2) is 6.54 Å². The molecule has 86 valence electrons. The van der Waals surface area contributed by atoms with E-state index >= 15 is 0 Å². The summed E-state index contributed by atoms with van der Waals surface area (Å²) in [6.07, 6.45) is 5.84. The summed E-state index contributed by atoms with van der Waals surface area (Å²) in [7, 11) is 0. The highest BCUT2D eigenvalue weighted by Crippen LogP contribution is 2.54. The summed E-state index contributed by atoms with van der Waals surface area (Å²) in [5, 5.41) is 0. The first-order valence-electron chi connectivity index (χ1n) is 6.26. The first-order chi connectivity index (χ1) is 7.77. The second-order valence-electron chi connectivity index (χ2n) is 5.31. The summed E-state index contributed by atoms with van der Waals surface area (Å²) in [4.78, 5) is 0. The molecule has 1 nitrogen and oxygen atoms in total. The molecule has 1 aromatic rings. The van der Waals surface area contributed by atoms with Gasteiger partial charge in [-0.05, 0) is 60.8 Å². The molecule has 0 bridgehead atoms. The fourth-order valence-electron chi connectivity index (χ4n) is 3.52. The molecule has 1 fully saturated rings. The van der Waals surface area contributed by atoms with Gasteiger partial charge in [-0.3, -0.25) is 0 Å². The Balaban J connectivity index is 2.14. The second kappa shape index (κ2) is 3.56. The second-order valence-corrected chi connectivity index (χ2v) is 5.31. The third kappa shape index (κ3) is 1.26. The Morgan fingerprint density at radius 1 is 1.31 bits per heavy atom. The Hall–Kier alpha value is -0.890. The van der Waals surface area contributed by atoms with Crippen molar-refractivity contribution in [1.29, 1.82) is 0 Å². The zero-order valence-corrected chi connectivity index (χ0v) is 9.51. The normalized spacial score (nSPS) is 26.2. The third-order valence-corrected chi connectivity index (χ3v) is 4.58. The average Bonchev–Trinajstić information content (AvgIpc) is 2.26. The molecule has 0 saturated heterocycles. The maximum Gasteiger partial charge on any atom is 0.127 e. The summed E-state index contributed by atoms with van der Waals surface area (Å²) < 4.78 is 14.1. The van der Waals surface area contributed by atoms with Gasteiger partial charge in [0.25, 0.3) is 0 Å². The number of fused-ring (bicyclic) bond motifs is 2. The average molecular weight is 219 g/mol. The Kier molecular flexibility index (Phi) is 2.28. The quantitative estimate of drug-likeness (QED) is 0.771. The zero-order valence-electron chi connectivity index (χ0n) is 9.51. The molecule has 2 aliphatic rings. The van der Waals surface area contributed by atoms with Gasteiger partial charge in [0.2, 0.25) is 0 Å². The van der Waals surface area contributed by atoms with E-state index in [0.717, 1.165) is 31.2 Å². The van der Waals surface area contributed by atoms with E-state index in [1.165, 1.54) is 12.0 Å². The van der Waals surface area contributed by atoms with Crippen LogP contribution in [0.2, 0.25) is 0 Å². The molecule has 2 aliphatic carbocycles. The molecule has 0 heterocycles. The van der Waals surface area contributed by atoms with Crippen molar-refractivity contribution in [3.8, 4) is 0 Å². The molecular weight excluding hydrogens is 201 g/mol. The molecule has 2 heteroatoms. The van der Waals surface area contributed by atoms with Crippen molar-refractivity contribution >= 4 is 0 Å². The van der Waals surface area contributed by atoms with Gasteiger partial charge in [0, 0.05) is 0 Å². The Morgan fingerprint density at radius 2 is 2.12 bits per heavy atom. The monoisotopic (exact) mass is 219 g/mol. The number of nitrogens with two attached hydrogens (primary N) is 1. The molecule has 16 heavy (non-hydrogen) atoms. The summed E-state index contributed by atoms with van der Waals surface area (Å²) in [5.41, 5.74) is 8.16. The van der Waals surface area contributed by atoms with Gasteiger partial charge in [-0.15, -0.1) is 0 Å². The van der Waals surface area contributed by atoms with E-state index in [2.05, 4.69) is 6.07 Å². The Bertz CT molecular complexity index is 409. The molecule has 1 unspecified atom stereocenters. The van der Waals surface area contributed by atoms with Crippen LogP contribution in [0.15, 0.2) is 18.2 Å². The minimum absolute atomic E-state index is 0.00431. The van der Waals surface area contributed by atoms with Crippen LogP contribution < -0.4 is 5.73 Å². The van der Waals surface area contributed by atoms with Gasteiger partial charge in [-0.2, -0.15) is 0 Å². The van der Waals surface area contributed by atoms with Crippen LogP contribution in [0.1, 0.15) is 49.1 Å². The zero-order chi connectivity index (χ0) is 11.2. The van der Waals surface area contributed by atoms with Crippen molar-refractivity contribution < 1.29 is 4.39 Å². The summed E-state index contributed by atoms with van der Waals surface area (Å²) in [5.74, 6) is 0.368. The number of hydrogen-bond acceptors (Lipinski definition) is 1. The van der Waals surface area contributed by atoms with E-state index in [1.807, 2.05) is 6.07 Å². The van der Waals surface area contributed by atoms with E-state index in [-0.39, 0.29) is 11.2 Å². The third-order valence-electron chi connectivity index (χ3n) is 4.58. The van der Waals surface area contributed by atoms with Crippen molar-refractivity contribution in [1.82, 2.24) is 0 Å². The van der Waals surface area contributed by atoms with Crippen molar-refractivity contribution in [3.05, 3.63) is 35.1 Å². The molecule has 0 aromatic heterocycles. The summed E-state index contributed by atoms with van der Waals surface area (Å²) in [6.45, 7) is 0.645. The van der Waals surface area contributed by atoms with Gasteiger partial charge in [0.15, 0.2) is 0 Å². The molecule has 3 rings (SSSR count). The lowest BCUT2D eigenvalue weighted by molar-refractivity contribution is 0.192. The van der Waals surface area contributed by atoms with Crippen molar-refractivity contribution in [3.63, 3.8) is 0 Å². The van der Waals surface area contributed by atoms with Gasteiger partial charge < -0.3 is 5.73 Å². The van der Waals surface area contributed by atoms with E-state index in [9.17, 15) is 4.39 Å². The van der Waals surface area contributed by atoms with Gasteiger partial charge in [-0.1, -0.05) is 18.6 Å². The SMILES string of the molecule is NCC1CCC2(CCC2)c2c(F)cccc21. The first kappa shape index (κ1) is 10.3. The smallest absolute Gasteiger partial charge is 0.127 e. The lowest BCUT2D eigenvalue weighted by Crippen LogP contribution is -2.40. The van der Waals surface area contributed by atoms with Crippen LogP contribution in [0.4, 0.5) is 4.39 Å². The molecule has 1 aromatic carbocycles. The summed E-state index contributed by atoms with van der Waals surface area (Å²) >= 11 is 0. The molecule has 1 saturated carbocycles. The number of benzene rings is 1. The highest BCUT2D eigenvalue weighted by molar-refractivity contribution is 5.42. The molecular formula is C14H18FN. The van der Waals surface area contributed by atoms with Gasteiger partial charge in [0.05, 0.1) is 0 Å². The molecule has 0 amide bonds. The van der Waals surface area contributed by atoms with Crippen LogP contribution in [0.5, 0.6) is 0 Å². The highest BCUT2D eigenvalue weighted by Gasteiger charge is 2.45. The standard InChI is InChI=1S/C14H18FN/c15-12-4-1-3-11-10(9-16)5-8-14(13(11)12)6-2-7-14/h1,3-4,10H,2,5-9,16H2. The minimum Gasteiger partial charge on any atom is -0.330 e. The predicted molar refractivity (Wildman–Crippen MR) is 63.0 cm³/mol. The van der Waals surface area contributed by atoms with Crippen LogP contribution in [0.3, 0.4) is 0 Å². The van der Waals surface area contributed by atoms with Gasteiger partial charge in [0.1, 0.15) is 5.82 Å². The van der Waals surface area contributed by atoms with Crippen LogP contribution in [0.25, 0.3) is 0 Å². The number of halogens is 1. The molecule has 1 spiro atoms. The lowest BCUT2D eigenvalue weighted by atomic mass is 9.56. The maximum absolute atomic E-state index is 14.1. The maximum atomic E-state index is 14.1. The highest BCUT2D eigenvalue weighted by atomic mass is 19.1. The van der Waals surface area contributed by atoms with Gasteiger partial charge >= 0.3 is 0 Å². The van der Waals surface area contributed by atoms with Crippen molar-refractivity contribution in [2.45, 2.75) is 43.4 Å². The Labute approximate surface area is 95.8 Å². The summed E-state index contributed by atoms with van der Waals surface area (Å²) in [6, 6.07) is 5.52.